The van der Waals surface area contributed by atoms with Crippen LogP contribution in [0.25, 0.3) is 5.78 Å². The maximum Gasteiger partial charge on any atom is 0.269 e. The molecule has 1 saturated heterocycles. The highest BCUT2D eigenvalue weighted by Gasteiger charge is 2.23. The SMILES string of the molecule is Cc1nc2ncnn2c(C)c1CC(=O)N1CCN(c2ccc([N+](=O)[O-])cc2)CC1. The van der Waals surface area contributed by atoms with E-state index in [1.807, 2.05) is 18.7 Å². The van der Waals surface area contributed by atoms with Crippen molar-refractivity contribution in [3.8, 4) is 0 Å². The summed E-state index contributed by atoms with van der Waals surface area (Å²) in [6.45, 7) is 6.38. The molecular weight excluding hydrogens is 374 g/mol. The smallest absolute Gasteiger partial charge is 0.269 e. The molecule has 10 nitrogen and oxygen atoms in total. The summed E-state index contributed by atoms with van der Waals surface area (Å²) in [5.41, 5.74) is 3.55. The van der Waals surface area contributed by atoms with Crippen LogP contribution in [0.1, 0.15) is 17.0 Å². The number of benzene rings is 1. The number of nitro groups is 1. The second-order valence-corrected chi connectivity index (χ2v) is 7.05. The molecule has 29 heavy (non-hydrogen) atoms. The van der Waals surface area contributed by atoms with Crippen LogP contribution >= 0.6 is 0 Å². The van der Waals surface area contributed by atoms with E-state index in [1.165, 1.54) is 18.5 Å². The second-order valence-electron chi connectivity index (χ2n) is 7.05. The maximum absolute atomic E-state index is 12.9. The summed E-state index contributed by atoms with van der Waals surface area (Å²) >= 11 is 0. The number of hydrogen-bond acceptors (Lipinski definition) is 7. The van der Waals surface area contributed by atoms with Crippen molar-refractivity contribution in [2.24, 2.45) is 0 Å². The van der Waals surface area contributed by atoms with Gasteiger partial charge in [0.1, 0.15) is 6.33 Å². The van der Waals surface area contributed by atoms with Crippen molar-refractivity contribution in [3.05, 3.63) is 57.7 Å². The molecule has 0 bridgehead atoms. The van der Waals surface area contributed by atoms with Gasteiger partial charge in [-0.05, 0) is 26.0 Å². The highest BCUT2D eigenvalue weighted by atomic mass is 16.6. The van der Waals surface area contributed by atoms with E-state index in [1.54, 1.807) is 16.6 Å². The van der Waals surface area contributed by atoms with Crippen molar-refractivity contribution in [1.29, 1.82) is 0 Å². The van der Waals surface area contributed by atoms with Gasteiger partial charge in [0.05, 0.1) is 11.3 Å². The van der Waals surface area contributed by atoms with E-state index in [2.05, 4.69) is 20.0 Å². The van der Waals surface area contributed by atoms with E-state index in [9.17, 15) is 14.9 Å². The summed E-state index contributed by atoms with van der Waals surface area (Å²) in [7, 11) is 0. The van der Waals surface area contributed by atoms with Crippen LogP contribution in [0.15, 0.2) is 30.6 Å². The number of amides is 1. The first-order valence-electron chi connectivity index (χ1n) is 9.37. The Morgan fingerprint density at radius 3 is 2.48 bits per heavy atom. The van der Waals surface area contributed by atoms with Crippen molar-refractivity contribution in [1.82, 2.24) is 24.5 Å². The highest BCUT2D eigenvalue weighted by Crippen LogP contribution is 2.21. The number of hydrogen-bond donors (Lipinski definition) is 0. The van der Waals surface area contributed by atoms with Crippen LogP contribution in [0.3, 0.4) is 0 Å². The van der Waals surface area contributed by atoms with E-state index >= 15 is 0 Å². The summed E-state index contributed by atoms with van der Waals surface area (Å²) < 4.78 is 1.65. The number of rotatable bonds is 4. The standard InChI is InChI=1S/C19H21N7O3/c1-13-17(14(2)25-19(22-13)20-12-21-25)11-18(27)24-9-7-23(8-10-24)15-3-5-16(6-4-15)26(28)29/h3-6,12H,7-11H2,1-2H3. The van der Waals surface area contributed by atoms with Crippen molar-refractivity contribution >= 4 is 23.1 Å². The largest absolute Gasteiger partial charge is 0.368 e. The molecule has 0 N–H and O–H groups in total. The van der Waals surface area contributed by atoms with E-state index in [0.717, 1.165) is 22.6 Å². The molecule has 0 spiro atoms. The number of non-ortho nitro benzene ring substituents is 1. The first-order valence-corrected chi connectivity index (χ1v) is 9.37. The molecule has 0 saturated carbocycles. The molecule has 10 heteroatoms. The third kappa shape index (κ3) is 3.60. The Morgan fingerprint density at radius 2 is 1.83 bits per heavy atom. The van der Waals surface area contributed by atoms with Gasteiger partial charge in [0.25, 0.3) is 11.5 Å². The van der Waals surface area contributed by atoms with Gasteiger partial charge < -0.3 is 9.80 Å². The number of carbonyl (C=O) groups excluding carboxylic acids is 1. The lowest BCUT2D eigenvalue weighted by atomic mass is 10.1. The Labute approximate surface area is 166 Å². The number of fused-ring (bicyclic) bond motifs is 1. The topological polar surface area (TPSA) is 110 Å². The molecule has 0 radical (unpaired) electrons. The average Bonchev–Trinajstić information content (AvgIpc) is 3.19. The minimum Gasteiger partial charge on any atom is -0.368 e. The lowest BCUT2D eigenvalue weighted by Gasteiger charge is -2.36. The van der Waals surface area contributed by atoms with Gasteiger partial charge in [-0.3, -0.25) is 14.9 Å². The van der Waals surface area contributed by atoms with Crippen molar-refractivity contribution < 1.29 is 9.72 Å². The van der Waals surface area contributed by atoms with Crippen molar-refractivity contribution in [2.45, 2.75) is 20.3 Å². The third-order valence-corrected chi connectivity index (χ3v) is 5.37. The van der Waals surface area contributed by atoms with Gasteiger partial charge in [0, 0.05) is 61.0 Å². The molecule has 1 fully saturated rings. The molecule has 2 aromatic heterocycles. The predicted molar refractivity (Wildman–Crippen MR) is 106 cm³/mol. The molecule has 3 heterocycles. The summed E-state index contributed by atoms with van der Waals surface area (Å²) in [6, 6.07) is 6.51. The zero-order valence-electron chi connectivity index (χ0n) is 16.3. The third-order valence-electron chi connectivity index (χ3n) is 5.37. The number of aromatic nitrogens is 4. The molecule has 4 rings (SSSR count). The number of aryl methyl sites for hydroxylation is 2. The molecule has 1 aliphatic heterocycles. The van der Waals surface area contributed by atoms with Crippen molar-refractivity contribution in [3.63, 3.8) is 0 Å². The van der Waals surface area contributed by atoms with Gasteiger partial charge >= 0.3 is 0 Å². The monoisotopic (exact) mass is 395 g/mol. The molecule has 1 aliphatic rings. The van der Waals surface area contributed by atoms with Gasteiger partial charge in [-0.2, -0.15) is 10.1 Å². The summed E-state index contributed by atoms with van der Waals surface area (Å²) in [5.74, 6) is 0.591. The lowest BCUT2D eigenvalue weighted by molar-refractivity contribution is -0.384. The first kappa shape index (κ1) is 18.8. The molecular formula is C19H21N7O3. The van der Waals surface area contributed by atoms with Gasteiger partial charge in [-0.25, -0.2) is 9.50 Å². The van der Waals surface area contributed by atoms with Crippen LogP contribution in [0.2, 0.25) is 0 Å². The second kappa shape index (κ2) is 7.46. The van der Waals surface area contributed by atoms with E-state index < -0.39 is 4.92 Å². The van der Waals surface area contributed by atoms with Crippen LogP contribution in [-0.2, 0) is 11.2 Å². The van der Waals surface area contributed by atoms with Gasteiger partial charge in [0.15, 0.2) is 0 Å². The Hall–Kier alpha value is -3.56. The van der Waals surface area contributed by atoms with E-state index in [4.69, 9.17) is 0 Å². The lowest BCUT2D eigenvalue weighted by Crippen LogP contribution is -2.49. The van der Waals surface area contributed by atoms with Crippen LogP contribution in [-0.4, -0.2) is 61.5 Å². The van der Waals surface area contributed by atoms with Crippen molar-refractivity contribution in [2.75, 3.05) is 31.1 Å². The Bertz CT molecular complexity index is 1070. The fourth-order valence-corrected chi connectivity index (χ4v) is 3.67. The summed E-state index contributed by atoms with van der Waals surface area (Å²) in [4.78, 5) is 35.8. The van der Waals surface area contributed by atoms with E-state index in [0.29, 0.717) is 32.0 Å². The minimum atomic E-state index is -0.407. The maximum atomic E-state index is 12.9. The quantitative estimate of drug-likeness (QED) is 0.487. The van der Waals surface area contributed by atoms with Gasteiger partial charge in [-0.15, -0.1) is 0 Å². The zero-order chi connectivity index (χ0) is 20.5. The molecule has 0 unspecified atom stereocenters. The van der Waals surface area contributed by atoms with Crippen LogP contribution < -0.4 is 4.90 Å². The molecule has 1 amide bonds. The Balaban J connectivity index is 1.41. The molecule has 0 aliphatic carbocycles. The molecule has 150 valence electrons. The fourth-order valence-electron chi connectivity index (χ4n) is 3.67. The Kier molecular flexibility index (Phi) is 4.83. The minimum absolute atomic E-state index is 0.0563. The molecule has 1 aromatic carbocycles. The predicted octanol–water partition coefficient (Wildman–Crippen LogP) is 1.54. The zero-order valence-corrected chi connectivity index (χ0v) is 16.3. The summed E-state index contributed by atoms with van der Waals surface area (Å²) in [5, 5.41) is 15.0. The van der Waals surface area contributed by atoms with Gasteiger partial charge in [0.2, 0.25) is 5.91 Å². The average molecular weight is 395 g/mol. The number of piperazine rings is 1. The number of carbonyl (C=O) groups is 1. The van der Waals surface area contributed by atoms with Gasteiger partial charge in [-0.1, -0.05) is 0 Å². The normalized spacial score (nSPS) is 14.4. The number of nitro benzene ring substituents is 1. The fraction of sp³-hybridized carbons (Fsp3) is 0.368. The number of nitrogens with zero attached hydrogens (tertiary/aromatic N) is 7. The molecule has 3 aromatic rings. The summed E-state index contributed by atoms with van der Waals surface area (Å²) in [6.07, 6.45) is 1.73. The van der Waals surface area contributed by atoms with E-state index in [-0.39, 0.29) is 18.0 Å². The van der Waals surface area contributed by atoms with Crippen LogP contribution in [0.4, 0.5) is 11.4 Å². The molecule has 0 atom stereocenters. The van der Waals surface area contributed by atoms with Crippen LogP contribution in [0.5, 0.6) is 0 Å². The Morgan fingerprint density at radius 1 is 1.14 bits per heavy atom. The first-order chi connectivity index (χ1) is 13.9. The van der Waals surface area contributed by atoms with Crippen LogP contribution in [0, 0.1) is 24.0 Å². The highest BCUT2D eigenvalue weighted by molar-refractivity contribution is 5.79. The number of anilines is 1.